The molecular weight excluding hydrogens is 749 g/mol. The lowest BCUT2D eigenvalue weighted by atomic mass is 9.99. The van der Waals surface area contributed by atoms with E-state index in [2.05, 4.69) is 74.6 Å². The standard InChI is InChI=1S/C49H84O10/c1-3-5-7-9-11-13-15-17-19-21-23-25-27-29-31-33-35-37-44(51)56-40-42(41-57-49-48(55)47(54)46(53)43(39-50)59-49)58-45(52)38-36-34-32-30-28-26-24-22-20-18-16-14-12-10-8-6-4-2/h12,14,18,20,23-26,29,31,42-43,46-50,53-55H,3-11,13,15-17,19,21-22,27-28,30,32-41H2,1-2H3/b14-12+,20-18+,25-23+,26-24+,31-29+/t42-,43-,46+,47?,48?,49-/m0/s1. The maximum atomic E-state index is 12.8. The molecule has 10 heteroatoms. The summed E-state index contributed by atoms with van der Waals surface area (Å²) in [6, 6.07) is 0. The number of unbranched alkanes of at least 4 members (excludes halogenated alkanes) is 17. The van der Waals surface area contributed by atoms with Crippen LogP contribution in [0.5, 0.6) is 0 Å². The second-order valence-electron chi connectivity index (χ2n) is 15.8. The second kappa shape index (κ2) is 39.5. The number of ether oxygens (including phenoxy) is 4. The Morgan fingerprint density at radius 1 is 0.525 bits per heavy atom. The molecule has 1 fully saturated rings. The predicted octanol–water partition coefficient (Wildman–Crippen LogP) is 10.2. The third kappa shape index (κ3) is 31.0. The van der Waals surface area contributed by atoms with Gasteiger partial charge < -0.3 is 39.4 Å². The van der Waals surface area contributed by atoms with Crippen molar-refractivity contribution in [2.75, 3.05) is 19.8 Å². The predicted molar refractivity (Wildman–Crippen MR) is 238 cm³/mol. The molecule has 6 atom stereocenters. The van der Waals surface area contributed by atoms with Gasteiger partial charge in [-0.1, -0.05) is 152 Å². The van der Waals surface area contributed by atoms with E-state index in [1.165, 1.54) is 83.5 Å². The number of aliphatic hydroxyl groups excluding tert-OH is 4. The van der Waals surface area contributed by atoms with E-state index < -0.39 is 55.4 Å². The summed E-state index contributed by atoms with van der Waals surface area (Å²) in [5.41, 5.74) is 0. The highest BCUT2D eigenvalue weighted by atomic mass is 16.7. The molecule has 4 N–H and O–H groups in total. The first kappa shape index (κ1) is 54.4. The summed E-state index contributed by atoms with van der Waals surface area (Å²) in [4.78, 5) is 25.3. The second-order valence-corrected chi connectivity index (χ2v) is 15.8. The molecule has 0 radical (unpaired) electrons. The van der Waals surface area contributed by atoms with Crippen molar-refractivity contribution in [1.29, 1.82) is 0 Å². The van der Waals surface area contributed by atoms with Crippen LogP contribution in [-0.4, -0.2) is 89.0 Å². The lowest BCUT2D eigenvalue weighted by Crippen LogP contribution is -2.59. The molecule has 0 amide bonds. The number of rotatable bonds is 38. The fraction of sp³-hybridized carbons (Fsp3) is 0.755. The fourth-order valence-corrected chi connectivity index (χ4v) is 6.65. The van der Waals surface area contributed by atoms with Gasteiger partial charge in [-0.25, -0.2) is 0 Å². The Balaban J connectivity index is 2.37. The molecule has 1 aliphatic rings. The number of carbonyl (C=O) groups is 2. The smallest absolute Gasteiger partial charge is 0.306 e. The minimum Gasteiger partial charge on any atom is -0.462 e. The first-order valence-corrected chi connectivity index (χ1v) is 23.4. The van der Waals surface area contributed by atoms with Crippen molar-refractivity contribution in [3.8, 4) is 0 Å². The van der Waals surface area contributed by atoms with Gasteiger partial charge in [0.1, 0.15) is 31.0 Å². The molecule has 0 bridgehead atoms. The van der Waals surface area contributed by atoms with Crippen molar-refractivity contribution < 1.29 is 49.0 Å². The number of hydrogen-bond donors (Lipinski definition) is 4. The lowest BCUT2D eigenvalue weighted by Gasteiger charge is -2.39. The monoisotopic (exact) mass is 833 g/mol. The molecule has 59 heavy (non-hydrogen) atoms. The summed E-state index contributed by atoms with van der Waals surface area (Å²) >= 11 is 0. The summed E-state index contributed by atoms with van der Waals surface area (Å²) < 4.78 is 22.1. The third-order valence-corrected chi connectivity index (χ3v) is 10.4. The number of allylic oxidation sites excluding steroid dienone is 10. The van der Waals surface area contributed by atoms with Crippen LogP contribution < -0.4 is 0 Å². The SMILES string of the molecule is CCCCC/C=C/C/C=C/C/C=C/CCCCCCC(=O)O[C@@H](COC(=O)CCC/C=C/C/C=C/CCCCCCCCCCC)CO[C@H]1O[C@@H](CO)[C@@H](O)C(O)C1O. The van der Waals surface area contributed by atoms with E-state index in [9.17, 15) is 30.0 Å². The molecule has 0 saturated carbocycles. The number of esters is 2. The maximum Gasteiger partial charge on any atom is 0.306 e. The zero-order chi connectivity index (χ0) is 43.0. The van der Waals surface area contributed by atoms with E-state index in [4.69, 9.17) is 18.9 Å². The van der Waals surface area contributed by atoms with Crippen LogP contribution in [0.1, 0.15) is 181 Å². The van der Waals surface area contributed by atoms with Crippen LogP contribution >= 0.6 is 0 Å². The maximum absolute atomic E-state index is 12.8. The van der Waals surface area contributed by atoms with Gasteiger partial charge in [-0.2, -0.15) is 0 Å². The summed E-state index contributed by atoms with van der Waals surface area (Å²) in [6.07, 6.45) is 40.9. The minimum absolute atomic E-state index is 0.193. The van der Waals surface area contributed by atoms with Gasteiger partial charge in [0.25, 0.3) is 0 Å². The topological polar surface area (TPSA) is 152 Å². The zero-order valence-electron chi connectivity index (χ0n) is 37.0. The quantitative estimate of drug-likeness (QED) is 0.0269. The van der Waals surface area contributed by atoms with Crippen LogP contribution in [0.4, 0.5) is 0 Å². The van der Waals surface area contributed by atoms with Crippen molar-refractivity contribution in [3.05, 3.63) is 60.8 Å². The average molecular weight is 833 g/mol. The van der Waals surface area contributed by atoms with Gasteiger partial charge in [0.05, 0.1) is 13.2 Å². The van der Waals surface area contributed by atoms with E-state index in [0.29, 0.717) is 12.8 Å². The summed E-state index contributed by atoms with van der Waals surface area (Å²) in [5.74, 6) is -0.887. The van der Waals surface area contributed by atoms with Gasteiger partial charge in [-0.15, -0.1) is 0 Å². The summed E-state index contributed by atoms with van der Waals surface area (Å²) in [7, 11) is 0. The molecule has 1 heterocycles. The summed E-state index contributed by atoms with van der Waals surface area (Å²) in [5, 5.41) is 40.1. The molecule has 340 valence electrons. The Kier molecular flexibility index (Phi) is 36.5. The van der Waals surface area contributed by atoms with Gasteiger partial charge in [0, 0.05) is 12.8 Å². The van der Waals surface area contributed by atoms with E-state index in [-0.39, 0.29) is 26.1 Å². The van der Waals surface area contributed by atoms with Crippen LogP contribution in [0.25, 0.3) is 0 Å². The third-order valence-electron chi connectivity index (χ3n) is 10.4. The Morgan fingerprint density at radius 2 is 0.966 bits per heavy atom. The highest BCUT2D eigenvalue weighted by molar-refractivity contribution is 5.70. The van der Waals surface area contributed by atoms with E-state index >= 15 is 0 Å². The molecule has 1 saturated heterocycles. The molecule has 10 nitrogen and oxygen atoms in total. The molecule has 1 rings (SSSR count). The molecule has 2 unspecified atom stereocenters. The van der Waals surface area contributed by atoms with Gasteiger partial charge >= 0.3 is 11.9 Å². The molecule has 1 aliphatic heterocycles. The van der Waals surface area contributed by atoms with Crippen LogP contribution in [-0.2, 0) is 28.5 Å². The first-order valence-electron chi connectivity index (χ1n) is 23.4. The zero-order valence-corrected chi connectivity index (χ0v) is 37.0. The van der Waals surface area contributed by atoms with Crippen molar-refractivity contribution in [2.24, 2.45) is 0 Å². The van der Waals surface area contributed by atoms with Gasteiger partial charge in [0.2, 0.25) is 0 Å². The van der Waals surface area contributed by atoms with Crippen molar-refractivity contribution in [2.45, 2.75) is 218 Å². The minimum atomic E-state index is -1.61. The Labute approximate surface area is 358 Å². The van der Waals surface area contributed by atoms with Crippen LogP contribution in [0.3, 0.4) is 0 Å². The largest absolute Gasteiger partial charge is 0.462 e. The van der Waals surface area contributed by atoms with Crippen LogP contribution in [0, 0.1) is 0 Å². The molecule has 0 aliphatic carbocycles. The molecule has 0 aromatic carbocycles. The van der Waals surface area contributed by atoms with Crippen molar-refractivity contribution in [3.63, 3.8) is 0 Å². The first-order chi connectivity index (χ1) is 28.8. The fourth-order valence-electron chi connectivity index (χ4n) is 6.65. The van der Waals surface area contributed by atoms with Gasteiger partial charge in [-0.3, -0.25) is 9.59 Å². The normalized spacial score (nSPS) is 20.5. The lowest BCUT2D eigenvalue weighted by molar-refractivity contribution is -0.305. The molecule has 0 spiro atoms. The van der Waals surface area contributed by atoms with Gasteiger partial charge in [-0.05, 0) is 77.0 Å². The van der Waals surface area contributed by atoms with E-state index in [0.717, 1.165) is 57.8 Å². The van der Waals surface area contributed by atoms with Crippen LogP contribution in [0.2, 0.25) is 0 Å². The Morgan fingerprint density at radius 3 is 1.51 bits per heavy atom. The van der Waals surface area contributed by atoms with Crippen molar-refractivity contribution in [1.82, 2.24) is 0 Å². The van der Waals surface area contributed by atoms with Crippen molar-refractivity contribution >= 4 is 11.9 Å². The Bertz CT molecular complexity index is 1150. The molecule has 0 aromatic rings. The summed E-state index contributed by atoms with van der Waals surface area (Å²) in [6.45, 7) is 3.33. The molecular formula is C49H84O10. The van der Waals surface area contributed by atoms with Crippen LogP contribution in [0.15, 0.2) is 60.8 Å². The number of aliphatic hydroxyl groups is 4. The van der Waals surface area contributed by atoms with E-state index in [1.807, 2.05) is 0 Å². The van der Waals surface area contributed by atoms with Gasteiger partial charge in [0.15, 0.2) is 12.4 Å². The Hall–Kier alpha value is -2.60. The number of hydrogen-bond acceptors (Lipinski definition) is 10. The average Bonchev–Trinajstić information content (AvgIpc) is 3.23. The van der Waals surface area contributed by atoms with E-state index in [1.54, 1.807) is 0 Å². The highest BCUT2D eigenvalue weighted by Gasteiger charge is 2.44. The highest BCUT2D eigenvalue weighted by Crippen LogP contribution is 2.22. The molecule has 0 aromatic heterocycles. The number of carbonyl (C=O) groups excluding carboxylic acids is 2.